The lowest BCUT2D eigenvalue weighted by Gasteiger charge is -2.29. The maximum atomic E-state index is 13.5. The van der Waals surface area contributed by atoms with Gasteiger partial charge in [0.1, 0.15) is 11.3 Å². The number of halogens is 1. The zero-order chi connectivity index (χ0) is 20.7. The van der Waals surface area contributed by atoms with E-state index in [1.807, 2.05) is 61.3 Å². The molecule has 0 aliphatic carbocycles. The van der Waals surface area contributed by atoms with Crippen molar-refractivity contribution in [1.82, 2.24) is 0 Å². The van der Waals surface area contributed by atoms with E-state index < -0.39 is 12.0 Å². The maximum absolute atomic E-state index is 13.5. The van der Waals surface area contributed by atoms with Crippen molar-refractivity contribution in [2.24, 2.45) is 0 Å². The van der Waals surface area contributed by atoms with Crippen LogP contribution in [0, 0.1) is 0 Å². The summed E-state index contributed by atoms with van der Waals surface area (Å²) in [4.78, 5) is 15.2. The van der Waals surface area contributed by atoms with Crippen LogP contribution in [-0.4, -0.2) is 20.1 Å². The zero-order valence-electron chi connectivity index (χ0n) is 16.2. The normalized spacial score (nSPS) is 16.0. The summed E-state index contributed by atoms with van der Waals surface area (Å²) in [6.45, 7) is 1.87. The number of fused-ring (bicyclic) bond motifs is 1. The van der Waals surface area contributed by atoms with E-state index in [4.69, 9.17) is 16.3 Å². The number of thiazole rings is 1. The molecule has 0 radical (unpaired) electrons. The fourth-order valence-corrected chi connectivity index (χ4v) is 4.90. The summed E-state index contributed by atoms with van der Waals surface area (Å²) >= 11 is 7.48. The number of esters is 1. The van der Waals surface area contributed by atoms with E-state index in [0.717, 1.165) is 22.0 Å². The van der Waals surface area contributed by atoms with E-state index in [1.165, 1.54) is 18.4 Å². The Labute approximate surface area is 178 Å². The van der Waals surface area contributed by atoms with Crippen molar-refractivity contribution >= 4 is 34.0 Å². The van der Waals surface area contributed by atoms with Crippen LogP contribution in [0.4, 0.5) is 5.13 Å². The molecule has 1 unspecified atom stereocenters. The molecule has 0 amide bonds. The van der Waals surface area contributed by atoms with Crippen LogP contribution in [-0.2, 0) is 9.53 Å². The lowest BCUT2D eigenvalue weighted by Crippen LogP contribution is -2.51. The van der Waals surface area contributed by atoms with Crippen molar-refractivity contribution in [3.05, 3.63) is 76.5 Å². The predicted molar refractivity (Wildman–Crippen MR) is 112 cm³/mol. The van der Waals surface area contributed by atoms with Gasteiger partial charge >= 0.3 is 11.1 Å². The molecule has 1 aliphatic heterocycles. The van der Waals surface area contributed by atoms with Crippen LogP contribution < -0.4 is 14.6 Å². The highest BCUT2D eigenvalue weighted by atomic mass is 35.5. The Morgan fingerprint density at radius 2 is 1.83 bits per heavy atom. The Morgan fingerprint density at radius 3 is 2.45 bits per heavy atom. The van der Waals surface area contributed by atoms with Gasteiger partial charge in [-0.15, -0.1) is 0 Å². The number of allylic oxidation sites excluding steroid dienone is 1. The number of ether oxygens (including phenoxy) is 1. The molecule has 7 heteroatoms. The maximum Gasteiger partial charge on any atom is 0.342 e. The van der Waals surface area contributed by atoms with E-state index in [2.05, 4.69) is 0 Å². The molecule has 29 heavy (non-hydrogen) atoms. The number of benzene rings is 2. The monoisotopic (exact) mass is 426 g/mol. The molecule has 2 heterocycles. The number of methoxy groups -OCH3 is 1. The van der Waals surface area contributed by atoms with Crippen LogP contribution in [0.3, 0.4) is 0 Å². The molecule has 4 rings (SSSR count). The molecule has 3 aromatic rings. The van der Waals surface area contributed by atoms with Crippen molar-refractivity contribution in [3.63, 3.8) is 0 Å². The molecule has 0 spiro atoms. The van der Waals surface area contributed by atoms with Gasteiger partial charge in [-0.25, -0.2) is 14.3 Å². The van der Waals surface area contributed by atoms with Gasteiger partial charge in [-0.05, 0) is 36.0 Å². The van der Waals surface area contributed by atoms with Gasteiger partial charge in [0.25, 0.3) is 0 Å². The third-order valence-corrected chi connectivity index (χ3v) is 6.67. The van der Waals surface area contributed by atoms with Crippen molar-refractivity contribution in [1.29, 1.82) is 0 Å². The average molecular weight is 427 g/mol. The molecular weight excluding hydrogens is 408 g/mol. The topological polar surface area (TPSA) is 56.5 Å². The fourth-order valence-electron chi connectivity index (χ4n) is 3.59. The second-order valence-corrected chi connectivity index (χ2v) is 8.17. The molecular formula is C22H19ClN2O3S. The minimum absolute atomic E-state index is 0.142. The number of anilines is 1. The van der Waals surface area contributed by atoms with E-state index in [-0.39, 0.29) is 5.88 Å². The SMILES string of the molecule is COC(=O)C1=C(C)N(C)c2sc(-c3ccccc3)c([O-])[n+]2C1c1ccc(Cl)cc1. The number of rotatable bonds is 3. The molecule has 5 nitrogen and oxygen atoms in total. The lowest BCUT2D eigenvalue weighted by molar-refractivity contribution is -0.728. The van der Waals surface area contributed by atoms with Gasteiger partial charge in [0.05, 0.1) is 24.9 Å². The van der Waals surface area contributed by atoms with Crippen LogP contribution in [0.25, 0.3) is 10.4 Å². The Balaban J connectivity index is 1.99. The van der Waals surface area contributed by atoms with Crippen LogP contribution >= 0.6 is 22.9 Å². The summed E-state index contributed by atoms with van der Waals surface area (Å²) in [5.41, 5.74) is 2.83. The standard InChI is InChI=1S/C22H19ClN2O3S/c1-13-17(21(27)28-3)18(14-9-11-16(23)12-10-14)25-20(26)19(29-22(25)24(13)2)15-7-5-4-6-8-15/h4-12,18H,1-3H3. The first-order chi connectivity index (χ1) is 13.9. The number of carbonyl (C=O) groups excluding carboxylic acids is 1. The van der Waals surface area contributed by atoms with Crippen molar-refractivity contribution in [2.45, 2.75) is 13.0 Å². The highest BCUT2D eigenvalue weighted by molar-refractivity contribution is 7.18. The first-order valence-corrected chi connectivity index (χ1v) is 10.2. The number of aromatic nitrogens is 1. The second kappa shape index (κ2) is 7.54. The minimum Gasteiger partial charge on any atom is -0.841 e. The molecule has 0 N–H and O–H groups in total. The van der Waals surface area contributed by atoms with Crippen molar-refractivity contribution in [2.75, 3.05) is 19.1 Å². The van der Waals surface area contributed by atoms with E-state index in [9.17, 15) is 9.90 Å². The molecule has 0 fully saturated rings. The van der Waals surface area contributed by atoms with Gasteiger partial charge < -0.3 is 9.84 Å². The highest BCUT2D eigenvalue weighted by Gasteiger charge is 2.43. The van der Waals surface area contributed by atoms with Crippen LogP contribution in [0.5, 0.6) is 5.88 Å². The summed E-state index contributed by atoms with van der Waals surface area (Å²) in [7, 11) is 3.20. The van der Waals surface area contributed by atoms with Gasteiger partial charge in [-0.3, -0.25) is 0 Å². The van der Waals surface area contributed by atoms with Crippen LogP contribution in [0.2, 0.25) is 5.02 Å². The summed E-state index contributed by atoms with van der Waals surface area (Å²) in [5.74, 6) is -0.601. The molecule has 0 saturated carbocycles. The van der Waals surface area contributed by atoms with E-state index >= 15 is 0 Å². The van der Waals surface area contributed by atoms with Gasteiger partial charge in [0, 0.05) is 10.6 Å². The Kier molecular flexibility index (Phi) is 5.06. The quantitative estimate of drug-likeness (QED) is 0.470. The average Bonchev–Trinajstić information content (AvgIpc) is 3.08. The summed E-state index contributed by atoms with van der Waals surface area (Å²) in [6.07, 6.45) is 0. The van der Waals surface area contributed by atoms with Crippen molar-refractivity contribution < 1.29 is 19.2 Å². The van der Waals surface area contributed by atoms with Crippen LogP contribution in [0.15, 0.2) is 65.9 Å². The molecule has 1 aliphatic rings. The zero-order valence-corrected chi connectivity index (χ0v) is 17.8. The first kappa shape index (κ1) is 19.5. The number of hydrogen-bond donors (Lipinski definition) is 0. The van der Waals surface area contributed by atoms with Crippen molar-refractivity contribution in [3.8, 4) is 16.3 Å². The largest absolute Gasteiger partial charge is 0.841 e. The summed E-state index contributed by atoms with van der Waals surface area (Å²) in [5, 5.41) is 14.9. The molecule has 2 aromatic carbocycles. The van der Waals surface area contributed by atoms with E-state index in [1.54, 1.807) is 16.7 Å². The third kappa shape index (κ3) is 3.18. The Hall–Kier alpha value is -2.83. The highest BCUT2D eigenvalue weighted by Crippen LogP contribution is 2.43. The van der Waals surface area contributed by atoms with Crippen LogP contribution in [0.1, 0.15) is 18.5 Å². The fraction of sp³-hybridized carbons (Fsp3) is 0.182. The third-order valence-electron chi connectivity index (χ3n) is 5.15. The lowest BCUT2D eigenvalue weighted by atomic mass is 9.95. The molecule has 0 bridgehead atoms. The molecule has 1 atom stereocenters. The summed E-state index contributed by atoms with van der Waals surface area (Å²) < 4.78 is 6.74. The summed E-state index contributed by atoms with van der Waals surface area (Å²) in [6, 6.07) is 16.2. The first-order valence-electron chi connectivity index (χ1n) is 9.03. The van der Waals surface area contributed by atoms with Gasteiger partial charge in [-0.1, -0.05) is 54.1 Å². The van der Waals surface area contributed by atoms with Gasteiger partial charge in [-0.2, -0.15) is 0 Å². The van der Waals surface area contributed by atoms with Gasteiger partial charge in [0.15, 0.2) is 6.04 Å². The van der Waals surface area contributed by atoms with E-state index in [0.29, 0.717) is 15.5 Å². The number of nitrogens with zero attached hydrogens (tertiary/aromatic N) is 2. The Morgan fingerprint density at radius 1 is 1.17 bits per heavy atom. The smallest absolute Gasteiger partial charge is 0.342 e. The molecule has 0 saturated heterocycles. The Bertz CT molecular complexity index is 1110. The van der Waals surface area contributed by atoms with Gasteiger partial charge in [0.2, 0.25) is 0 Å². The molecule has 1 aromatic heterocycles. The number of carbonyl (C=O) groups is 1. The molecule has 148 valence electrons. The minimum atomic E-state index is -0.591. The second-order valence-electron chi connectivity index (χ2n) is 6.76. The number of hydrogen-bond acceptors (Lipinski definition) is 5. The predicted octanol–water partition coefficient (Wildman–Crippen LogP) is 3.92.